The molecular weight excluding hydrogens is 320 g/mol. The fraction of sp³-hybridized carbons (Fsp3) is 0.333. The van der Waals surface area contributed by atoms with Gasteiger partial charge in [0.2, 0.25) is 0 Å². The first kappa shape index (κ1) is 15.5. The van der Waals surface area contributed by atoms with E-state index in [1.807, 2.05) is 0 Å². The molecule has 1 aliphatic carbocycles. The molecule has 0 saturated heterocycles. The standard InChI is InChI=1S/C15H15ClN4O3/c16-14-13(17-8-7-10-1-2-10)9-18-19(15(14)21)11-3-5-12(6-4-11)20(22)23/h3-6,9-10,17H,1-2,7-8H2. The van der Waals surface area contributed by atoms with Gasteiger partial charge in [0.25, 0.3) is 11.2 Å². The number of rotatable bonds is 6. The average Bonchev–Trinajstić information content (AvgIpc) is 3.36. The lowest BCUT2D eigenvalue weighted by Gasteiger charge is -2.10. The van der Waals surface area contributed by atoms with E-state index in [9.17, 15) is 14.9 Å². The van der Waals surface area contributed by atoms with Gasteiger partial charge in [-0.2, -0.15) is 9.78 Å². The van der Waals surface area contributed by atoms with Crippen molar-refractivity contribution in [1.29, 1.82) is 0 Å². The zero-order valence-corrected chi connectivity index (χ0v) is 13.0. The number of aromatic nitrogens is 2. The Morgan fingerprint density at radius 1 is 1.35 bits per heavy atom. The van der Waals surface area contributed by atoms with Crippen LogP contribution in [0.25, 0.3) is 5.69 Å². The molecule has 1 heterocycles. The topological polar surface area (TPSA) is 90.1 Å². The molecule has 120 valence electrons. The molecule has 0 spiro atoms. The molecule has 23 heavy (non-hydrogen) atoms. The number of nitro groups is 1. The Kier molecular flexibility index (Phi) is 4.29. The molecule has 1 aliphatic rings. The van der Waals surface area contributed by atoms with Crippen LogP contribution in [0.2, 0.25) is 5.02 Å². The number of anilines is 1. The average molecular weight is 335 g/mol. The highest BCUT2D eigenvalue weighted by Gasteiger charge is 2.20. The van der Waals surface area contributed by atoms with Crippen LogP contribution >= 0.6 is 11.6 Å². The second-order valence-electron chi connectivity index (χ2n) is 5.52. The number of nitro benzene ring substituents is 1. The molecule has 0 aliphatic heterocycles. The second-order valence-corrected chi connectivity index (χ2v) is 5.90. The van der Waals surface area contributed by atoms with Gasteiger partial charge in [0.1, 0.15) is 5.02 Å². The third-order valence-corrected chi connectivity index (χ3v) is 4.15. The van der Waals surface area contributed by atoms with Crippen molar-refractivity contribution >= 4 is 23.0 Å². The fourth-order valence-corrected chi connectivity index (χ4v) is 2.47. The largest absolute Gasteiger partial charge is 0.382 e. The van der Waals surface area contributed by atoms with Crippen molar-refractivity contribution in [2.75, 3.05) is 11.9 Å². The van der Waals surface area contributed by atoms with Crippen LogP contribution in [0.3, 0.4) is 0 Å². The summed E-state index contributed by atoms with van der Waals surface area (Å²) in [5.41, 5.74) is 0.422. The van der Waals surface area contributed by atoms with Gasteiger partial charge in [0, 0.05) is 18.7 Å². The van der Waals surface area contributed by atoms with E-state index in [-0.39, 0.29) is 10.7 Å². The number of nitrogens with zero attached hydrogens (tertiary/aromatic N) is 3. The van der Waals surface area contributed by atoms with Gasteiger partial charge in [-0.15, -0.1) is 0 Å². The number of benzene rings is 1. The Hall–Kier alpha value is -2.41. The summed E-state index contributed by atoms with van der Waals surface area (Å²) in [6, 6.07) is 5.56. The number of hydrogen-bond donors (Lipinski definition) is 1. The van der Waals surface area contributed by atoms with E-state index in [2.05, 4.69) is 10.4 Å². The monoisotopic (exact) mass is 334 g/mol. The molecule has 1 aromatic carbocycles. The number of hydrogen-bond acceptors (Lipinski definition) is 5. The maximum atomic E-state index is 12.3. The number of non-ortho nitro benzene ring substituents is 1. The van der Waals surface area contributed by atoms with Crippen molar-refractivity contribution in [3.8, 4) is 5.69 Å². The van der Waals surface area contributed by atoms with Crippen molar-refractivity contribution in [1.82, 2.24) is 9.78 Å². The molecule has 0 amide bonds. The Morgan fingerprint density at radius 3 is 2.65 bits per heavy atom. The van der Waals surface area contributed by atoms with Crippen LogP contribution in [0.15, 0.2) is 35.3 Å². The van der Waals surface area contributed by atoms with Crippen LogP contribution in [0, 0.1) is 16.0 Å². The minimum Gasteiger partial charge on any atom is -0.382 e. The molecule has 0 radical (unpaired) electrons. The van der Waals surface area contributed by atoms with E-state index < -0.39 is 10.5 Å². The molecule has 1 fully saturated rings. The zero-order valence-electron chi connectivity index (χ0n) is 12.2. The SMILES string of the molecule is O=c1c(Cl)c(NCCC2CC2)cnn1-c1ccc([N+](=O)[O-])cc1. The summed E-state index contributed by atoms with van der Waals surface area (Å²) < 4.78 is 1.12. The first-order valence-electron chi connectivity index (χ1n) is 7.33. The summed E-state index contributed by atoms with van der Waals surface area (Å²) >= 11 is 6.12. The number of halogens is 1. The highest BCUT2D eigenvalue weighted by atomic mass is 35.5. The van der Waals surface area contributed by atoms with Gasteiger partial charge >= 0.3 is 0 Å². The van der Waals surface area contributed by atoms with Gasteiger partial charge < -0.3 is 5.32 Å². The van der Waals surface area contributed by atoms with Gasteiger partial charge in [0.15, 0.2) is 0 Å². The quantitative estimate of drug-likeness (QED) is 0.647. The van der Waals surface area contributed by atoms with Gasteiger partial charge in [-0.1, -0.05) is 24.4 Å². The second kappa shape index (κ2) is 6.37. The van der Waals surface area contributed by atoms with Gasteiger partial charge in [0.05, 0.1) is 22.5 Å². The molecule has 1 N–H and O–H groups in total. The van der Waals surface area contributed by atoms with Gasteiger partial charge in [-0.05, 0) is 24.5 Å². The maximum Gasteiger partial charge on any atom is 0.292 e. The molecular formula is C15H15ClN4O3. The molecule has 0 unspecified atom stereocenters. The molecule has 8 heteroatoms. The Balaban J connectivity index is 1.81. The molecule has 2 aromatic rings. The highest BCUT2D eigenvalue weighted by Crippen LogP contribution is 2.32. The van der Waals surface area contributed by atoms with E-state index in [0.29, 0.717) is 11.4 Å². The van der Waals surface area contributed by atoms with Crippen LogP contribution in [0.1, 0.15) is 19.3 Å². The van der Waals surface area contributed by atoms with E-state index in [1.165, 1.54) is 43.3 Å². The lowest BCUT2D eigenvalue weighted by atomic mass is 10.3. The Bertz CT molecular complexity index is 784. The summed E-state index contributed by atoms with van der Waals surface area (Å²) in [5, 5.41) is 17.9. The Morgan fingerprint density at radius 2 is 2.04 bits per heavy atom. The minimum atomic E-state index is -0.500. The van der Waals surface area contributed by atoms with Crippen LogP contribution in [-0.2, 0) is 0 Å². The molecule has 0 bridgehead atoms. The maximum absolute atomic E-state index is 12.3. The fourth-order valence-electron chi connectivity index (χ4n) is 2.27. The van der Waals surface area contributed by atoms with E-state index in [4.69, 9.17) is 11.6 Å². The summed E-state index contributed by atoms with van der Waals surface area (Å²) in [6.07, 6.45) is 5.10. The van der Waals surface area contributed by atoms with Crippen LogP contribution in [0.5, 0.6) is 0 Å². The predicted octanol–water partition coefficient (Wildman–Crippen LogP) is 3.01. The molecule has 7 nitrogen and oxygen atoms in total. The molecule has 0 atom stereocenters. The Labute approximate surface area is 137 Å². The van der Waals surface area contributed by atoms with E-state index in [0.717, 1.165) is 23.6 Å². The minimum absolute atomic E-state index is 0.0498. The third kappa shape index (κ3) is 3.50. The normalized spacial score (nSPS) is 13.8. The van der Waals surface area contributed by atoms with Crippen molar-refractivity contribution in [2.45, 2.75) is 19.3 Å². The van der Waals surface area contributed by atoms with Crippen molar-refractivity contribution < 1.29 is 4.92 Å². The first-order valence-corrected chi connectivity index (χ1v) is 7.70. The number of nitrogens with one attached hydrogen (secondary N) is 1. The summed E-state index contributed by atoms with van der Waals surface area (Å²) in [4.78, 5) is 22.5. The van der Waals surface area contributed by atoms with Crippen molar-refractivity contribution in [3.63, 3.8) is 0 Å². The smallest absolute Gasteiger partial charge is 0.292 e. The van der Waals surface area contributed by atoms with E-state index in [1.54, 1.807) is 0 Å². The first-order chi connectivity index (χ1) is 11.1. The lowest BCUT2D eigenvalue weighted by molar-refractivity contribution is -0.384. The summed E-state index contributed by atoms with van der Waals surface area (Å²) in [6.45, 7) is 0.757. The van der Waals surface area contributed by atoms with Crippen molar-refractivity contribution in [3.05, 3.63) is 56.0 Å². The van der Waals surface area contributed by atoms with Crippen LogP contribution < -0.4 is 10.9 Å². The van der Waals surface area contributed by atoms with Crippen LogP contribution in [0.4, 0.5) is 11.4 Å². The zero-order chi connectivity index (χ0) is 16.4. The highest BCUT2D eigenvalue weighted by molar-refractivity contribution is 6.32. The summed E-state index contributed by atoms with van der Waals surface area (Å²) in [7, 11) is 0. The third-order valence-electron chi connectivity index (χ3n) is 3.79. The lowest BCUT2D eigenvalue weighted by Crippen LogP contribution is -2.23. The predicted molar refractivity (Wildman–Crippen MR) is 87.3 cm³/mol. The molecule has 3 rings (SSSR count). The molecule has 1 aromatic heterocycles. The van der Waals surface area contributed by atoms with Gasteiger partial charge in [-0.3, -0.25) is 14.9 Å². The summed E-state index contributed by atoms with van der Waals surface area (Å²) in [5.74, 6) is 0.787. The van der Waals surface area contributed by atoms with Gasteiger partial charge in [-0.25, -0.2) is 0 Å². The van der Waals surface area contributed by atoms with Crippen LogP contribution in [-0.4, -0.2) is 21.2 Å². The van der Waals surface area contributed by atoms with Crippen molar-refractivity contribution in [2.24, 2.45) is 5.92 Å². The van der Waals surface area contributed by atoms with E-state index >= 15 is 0 Å². The molecule has 1 saturated carbocycles.